The molecule has 13 heavy (non-hydrogen) atoms. The van der Waals surface area contributed by atoms with Gasteiger partial charge in [-0.25, -0.2) is 0 Å². The van der Waals surface area contributed by atoms with Crippen LogP contribution >= 0.6 is 0 Å². The van der Waals surface area contributed by atoms with Crippen LogP contribution in [0, 0.1) is 4.91 Å². The molecular weight excluding hydrogens is 168 g/mol. The summed E-state index contributed by atoms with van der Waals surface area (Å²) >= 11 is 0. The van der Waals surface area contributed by atoms with Crippen molar-refractivity contribution in [2.75, 3.05) is 0 Å². The molecule has 4 nitrogen and oxygen atoms in total. The minimum absolute atomic E-state index is 0.329. The molecule has 0 fully saturated rings. The molecule has 0 unspecified atom stereocenters. The molecule has 2 aromatic rings. The van der Waals surface area contributed by atoms with E-state index in [4.69, 9.17) is 0 Å². The maximum atomic E-state index is 10.6. The second-order valence-corrected chi connectivity index (χ2v) is 2.68. The quantitative estimate of drug-likeness (QED) is 0.561. The smallest absolute Gasteiger partial charge is 0.152 e. The Morgan fingerprint density at radius 3 is 2.92 bits per heavy atom. The lowest BCUT2D eigenvalue weighted by Gasteiger charge is -1.90. The summed E-state index contributed by atoms with van der Waals surface area (Å²) in [7, 11) is 0. The van der Waals surface area contributed by atoms with Gasteiger partial charge in [-0.15, -0.1) is 4.91 Å². The highest BCUT2D eigenvalue weighted by Gasteiger charge is 2.03. The molecule has 0 radical (unpaired) electrons. The average molecular weight is 174 g/mol. The zero-order valence-electron chi connectivity index (χ0n) is 6.65. The van der Waals surface area contributed by atoms with Crippen LogP contribution in [0.15, 0.2) is 29.6 Å². The number of nitrogens with one attached hydrogen (secondary N) is 1. The monoisotopic (exact) mass is 174 g/mol. The summed E-state index contributed by atoms with van der Waals surface area (Å²) in [5.41, 5.74) is 1.70. The predicted molar refractivity (Wildman–Crippen MR) is 49.1 cm³/mol. The van der Waals surface area contributed by atoms with Crippen LogP contribution in [-0.4, -0.2) is 11.3 Å². The summed E-state index contributed by atoms with van der Waals surface area (Å²) in [6, 6.07) is 4.90. The fourth-order valence-corrected chi connectivity index (χ4v) is 1.28. The SMILES string of the molecule is O=Cc1c[nH]c2ccc(N=O)cc12. The Morgan fingerprint density at radius 2 is 2.23 bits per heavy atom. The number of benzene rings is 1. The van der Waals surface area contributed by atoms with Crippen molar-refractivity contribution in [2.45, 2.75) is 0 Å². The van der Waals surface area contributed by atoms with Gasteiger partial charge in [0, 0.05) is 22.7 Å². The molecule has 0 amide bonds. The second-order valence-electron chi connectivity index (χ2n) is 2.68. The van der Waals surface area contributed by atoms with Crippen molar-refractivity contribution < 1.29 is 4.79 Å². The molecule has 2 rings (SSSR count). The van der Waals surface area contributed by atoms with Gasteiger partial charge in [-0.2, -0.15) is 0 Å². The predicted octanol–water partition coefficient (Wildman–Crippen LogP) is 2.38. The van der Waals surface area contributed by atoms with Crippen molar-refractivity contribution in [3.63, 3.8) is 0 Å². The molecule has 1 aromatic heterocycles. The van der Waals surface area contributed by atoms with E-state index in [-0.39, 0.29) is 0 Å². The van der Waals surface area contributed by atoms with E-state index in [9.17, 15) is 9.70 Å². The maximum absolute atomic E-state index is 10.6. The number of rotatable bonds is 2. The van der Waals surface area contributed by atoms with Gasteiger partial charge >= 0.3 is 0 Å². The third kappa shape index (κ3) is 1.12. The molecule has 0 aliphatic heterocycles. The normalized spacial score (nSPS) is 10.2. The number of aromatic nitrogens is 1. The summed E-state index contributed by atoms with van der Waals surface area (Å²) in [4.78, 5) is 23.7. The average Bonchev–Trinajstić information content (AvgIpc) is 2.59. The number of carbonyl (C=O) groups excluding carboxylic acids is 1. The van der Waals surface area contributed by atoms with Gasteiger partial charge in [0.1, 0.15) is 5.69 Å². The fraction of sp³-hybridized carbons (Fsp3) is 0. The number of aldehydes is 1. The van der Waals surface area contributed by atoms with E-state index in [2.05, 4.69) is 10.2 Å². The van der Waals surface area contributed by atoms with E-state index >= 15 is 0 Å². The zero-order valence-corrected chi connectivity index (χ0v) is 6.65. The lowest BCUT2D eigenvalue weighted by atomic mass is 10.2. The summed E-state index contributed by atoms with van der Waals surface area (Å²) < 4.78 is 0. The van der Waals surface area contributed by atoms with Crippen LogP contribution in [-0.2, 0) is 0 Å². The highest BCUT2D eigenvalue weighted by atomic mass is 16.3. The van der Waals surface area contributed by atoms with Gasteiger partial charge < -0.3 is 4.98 Å². The van der Waals surface area contributed by atoms with Crippen LogP contribution in [0.25, 0.3) is 10.9 Å². The van der Waals surface area contributed by atoms with E-state index < -0.39 is 0 Å². The highest BCUT2D eigenvalue weighted by Crippen LogP contribution is 2.22. The Kier molecular flexibility index (Phi) is 1.66. The van der Waals surface area contributed by atoms with Crippen molar-refractivity contribution >= 4 is 22.9 Å². The van der Waals surface area contributed by atoms with Crippen LogP contribution in [0.1, 0.15) is 10.4 Å². The summed E-state index contributed by atoms with van der Waals surface area (Å²) in [6.07, 6.45) is 2.35. The topological polar surface area (TPSA) is 62.3 Å². The van der Waals surface area contributed by atoms with Crippen molar-refractivity contribution in [3.8, 4) is 0 Å². The van der Waals surface area contributed by atoms with Crippen molar-refractivity contribution in [2.24, 2.45) is 5.18 Å². The van der Waals surface area contributed by atoms with Gasteiger partial charge in [0.2, 0.25) is 0 Å². The Bertz CT molecular complexity index is 473. The highest BCUT2D eigenvalue weighted by molar-refractivity contribution is 5.98. The maximum Gasteiger partial charge on any atom is 0.152 e. The molecule has 0 bridgehead atoms. The molecule has 64 valence electrons. The molecule has 0 aliphatic rings. The van der Waals surface area contributed by atoms with Gasteiger partial charge in [-0.05, 0) is 23.4 Å². The first-order chi connectivity index (χ1) is 6.35. The first kappa shape index (κ1) is 7.67. The standard InChI is InChI=1S/C9H6N2O2/c12-5-6-4-10-9-2-1-7(11-13)3-8(6)9/h1-5,10H. The minimum Gasteiger partial charge on any atom is -0.360 e. The molecule has 0 aliphatic carbocycles. The first-order valence-electron chi connectivity index (χ1n) is 3.75. The zero-order chi connectivity index (χ0) is 9.26. The van der Waals surface area contributed by atoms with Crippen molar-refractivity contribution in [1.82, 2.24) is 4.98 Å². The van der Waals surface area contributed by atoms with Gasteiger partial charge in [0.15, 0.2) is 6.29 Å². The van der Waals surface area contributed by atoms with E-state index in [1.807, 2.05) is 0 Å². The molecule has 0 spiro atoms. The van der Waals surface area contributed by atoms with Crippen LogP contribution in [0.3, 0.4) is 0 Å². The van der Waals surface area contributed by atoms with Gasteiger partial charge in [-0.1, -0.05) is 0 Å². The lowest BCUT2D eigenvalue weighted by Crippen LogP contribution is -1.73. The minimum atomic E-state index is 0.329. The molecule has 1 heterocycles. The van der Waals surface area contributed by atoms with Gasteiger partial charge in [0.05, 0.1) is 0 Å². The van der Waals surface area contributed by atoms with Crippen LogP contribution in [0.4, 0.5) is 5.69 Å². The lowest BCUT2D eigenvalue weighted by molar-refractivity contribution is 0.112. The number of hydrogen-bond acceptors (Lipinski definition) is 3. The summed E-state index contributed by atoms with van der Waals surface area (Å²) in [6.45, 7) is 0. The van der Waals surface area contributed by atoms with Crippen LogP contribution in [0.2, 0.25) is 0 Å². The van der Waals surface area contributed by atoms with Crippen molar-refractivity contribution in [1.29, 1.82) is 0 Å². The molecular formula is C9H6N2O2. The molecule has 4 heteroatoms. The van der Waals surface area contributed by atoms with E-state index in [0.29, 0.717) is 11.3 Å². The van der Waals surface area contributed by atoms with Crippen LogP contribution in [0.5, 0.6) is 0 Å². The number of nitrogens with zero attached hydrogens (tertiary/aromatic N) is 1. The fourth-order valence-electron chi connectivity index (χ4n) is 1.28. The molecule has 0 atom stereocenters. The van der Waals surface area contributed by atoms with E-state index in [1.54, 1.807) is 24.4 Å². The first-order valence-corrected chi connectivity index (χ1v) is 3.75. The number of fused-ring (bicyclic) bond motifs is 1. The summed E-state index contributed by atoms with van der Waals surface area (Å²) in [5, 5.41) is 3.52. The third-order valence-corrected chi connectivity index (χ3v) is 1.93. The number of hydrogen-bond donors (Lipinski definition) is 1. The number of carbonyl (C=O) groups is 1. The molecule has 1 aromatic carbocycles. The molecule has 1 N–H and O–H groups in total. The molecule has 0 saturated carbocycles. The molecule has 0 saturated heterocycles. The van der Waals surface area contributed by atoms with Crippen LogP contribution < -0.4 is 0 Å². The Labute approximate surface area is 73.5 Å². The Morgan fingerprint density at radius 1 is 1.38 bits per heavy atom. The second kappa shape index (κ2) is 2.82. The van der Waals surface area contributed by atoms with E-state index in [0.717, 1.165) is 17.2 Å². The number of H-pyrrole nitrogens is 1. The Balaban J connectivity index is 2.78. The van der Waals surface area contributed by atoms with Gasteiger partial charge in [-0.3, -0.25) is 4.79 Å². The largest absolute Gasteiger partial charge is 0.360 e. The van der Waals surface area contributed by atoms with E-state index in [1.165, 1.54) is 0 Å². The van der Waals surface area contributed by atoms with Crippen molar-refractivity contribution in [3.05, 3.63) is 34.9 Å². The number of nitroso groups, excluding NO2 is 1. The van der Waals surface area contributed by atoms with Gasteiger partial charge in [0.25, 0.3) is 0 Å². The number of aromatic amines is 1. The third-order valence-electron chi connectivity index (χ3n) is 1.93. The Hall–Kier alpha value is -1.97. The summed E-state index contributed by atoms with van der Waals surface area (Å²) in [5.74, 6) is 0.